The number of rotatable bonds is 4. The number of anilines is 4. The zero-order chi connectivity index (χ0) is 29.3. The maximum Gasteiger partial charge on any atom is 4.00 e. The molecule has 0 spiro atoms. The van der Waals surface area contributed by atoms with Crippen LogP contribution >= 0.6 is 0 Å². The summed E-state index contributed by atoms with van der Waals surface area (Å²) in [6.45, 7) is 12.1. The Labute approximate surface area is 306 Å². The molecule has 0 N–H and O–H groups in total. The van der Waals surface area contributed by atoms with Gasteiger partial charge in [-0.05, 0) is 60.3 Å². The summed E-state index contributed by atoms with van der Waals surface area (Å²) in [6.07, 6.45) is 4.71. The van der Waals surface area contributed by atoms with Crippen molar-refractivity contribution in [2.45, 2.75) is 52.6 Å². The van der Waals surface area contributed by atoms with Gasteiger partial charge in [0.2, 0.25) is 0 Å². The largest absolute Gasteiger partial charge is 4.00 e. The van der Waals surface area contributed by atoms with Crippen molar-refractivity contribution < 1.29 is 51.0 Å². The molecular formula is C40H40Cl2N2SiZr. The Balaban J connectivity index is 0.00000139. The van der Waals surface area contributed by atoms with Crippen LogP contribution in [-0.4, -0.2) is 21.2 Å². The van der Waals surface area contributed by atoms with Gasteiger partial charge in [-0.15, -0.1) is 69.1 Å². The SMILES string of the molecule is Cc1[cH-]c2cccc(N3CCCc4ccccc43)c2c1[Si](C)(C)c1c(C)[cH-]c2cccc(N3CCCc4ccccc43)c12.[Cl-].[Cl-].[Zr+4]. The first-order valence-electron chi connectivity index (χ1n) is 16.0. The Morgan fingerprint density at radius 3 is 1.37 bits per heavy atom. The average Bonchev–Trinajstić information content (AvgIpc) is 3.56. The molecule has 6 aromatic rings. The van der Waals surface area contributed by atoms with E-state index >= 15 is 0 Å². The fourth-order valence-electron chi connectivity index (χ4n) is 8.66. The molecule has 2 aliphatic rings. The molecule has 6 heteroatoms. The molecule has 0 atom stereocenters. The second-order valence-corrected chi connectivity index (χ2v) is 17.5. The van der Waals surface area contributed by atoms with E-state index in [0.29, 0.717) is 0 Å². The second kappa shape index (κ2) is 13.5. The van der Waals surface area contributed by atoms with Gasteiger partial charge in [0.25, 0.3) is 0 Å². The van der Waals surface area contributed by atoms with Gasteiger partial charge in [0.15, 0.2) is 0 Å². The molecule has 0 radical (unpaired) electrons. The number of para-hydroxylation sites is 2. The Morgan fingerprint density at radius 2 is 0.935 bits per heavy atom. The van der Waals surface area contributed by atoms with Crippen molar-refractivity contribution in [2.24, 2.45) is 0 Å². The third kappa shape index (κ3) is 5.44. The summed E-state index contributed by atoms with van der Waals surface area (Å²) in [5.74, 6) is 0. The molecule has 0 amide bonds. The van der Waals surface area contributed by atoms with Crippen LogP contribution in [0.2, 0.25) is 13.1 Å². The molecule has 0 saturated heterocycles. The average molecular weight is 739 g/mol. The molecule has 2 aliphatic heterocycles. The van der Waals surface area contributed by atoms with Gasteiger partial charge in [0, 0.05) is 32.5 Å². The van der Waals surface area contributed by atoms with Crippen molar-refractivity contribution in [1.29, 1.82) is 0 Å². The van der Waals surface area contributed by atoms with E-state index in [-0.39, 0.29) is 51.0 Å². The minimum Gasteiger partial charge on any atom is -1.00 e. The molecule has 0 aromatic heterocycles. The maximum absolute atomic E-state index is 2.61. The number of hydrogen-bond donors (Lipinski definition) is 0. The van der Waals surface area contributed by atoms with E-state index in [1.54, 1.807) is 10.4 Å². The minimum absolute atomic E-state index is 0. The van der Waals surface area contributed by atoms with Crippen molar-refractivity contribution in [1.82, 2.24) is 0 Å². The first-order valence-corrected chi connectivity index (χ1v) is 19.0. The summed E-state index contributed by atoms with van der Waals surface area (Å²) < 4.78 is 0. The molecule has 8 rings (SSSR count). The first-order chi connectivity index (χ1) is 20.9. The maximum atomic E-state index is 2.61. The topological polar surface area (TPSA) is 6.48 Å². The van der Waals surface area contributed by atoms with Crippen molar-refractivity contribution in [3.05, 3.63) is 119 Å². The number of fused-ring (bicyclic) bond motifs is 4. The van der Waals surface area contributed by atoms with Gasteiger partial charge in [-0.2, -0.15) is 10.4 Å². The van der Waals surface area contributed by atoms with Crippen LogP contribution in [0.5, 0.6) is 0 Å². The molecule has 2 nitrogen and oxygen atoms in total. The standard InChI is InChI=1S/C40H40N2Si.2ClH.Zr/c1-27-25-31-15-9-21-35(41-23-11-17-29-13-5-7-19-33(29)41)37(31)39(27)43(3,4)40-28(2)26-32-16-10-22-36(38(32)40)42-24-12-18-30-14-6-8-20-34(30)42;;;/h5-10,13-16,19-22,25-26H,11-12,17-18,23-24H2,1-4H3;2*1H;/q-2;;;+4/p-2. The third-order valence-electron chi connectivity index (χ3n) is 10.2. The summed E-state index contributed by atoms with van der Waals surface area (Å²) in [7, 11) is -2.20. The molecule has 46 heavy (non-hydrogen) atoms. The van der Waals surface area contributed by atoms with E-state index in [2.05, 4.69) is 134 Å². The van der Waals surface area contributed by atoms with Crippen LogP contribution in [0, 0.1) is 13.8 Å². The third-order valence-corrected chi connectivity index (χ3v) is 14.0. The van der Waals surface area contributed by atoms with E-state index in [1.165, 1.54) is 79.4 Å². The van der Waals surface area contributed by atoms with Crippen LogP contribution in [0.25, 0.3) is 21.5 Å². The molecule has 0 unspecified atom stereocenters. The van der Waals surface area contributed by atoms with E-state index in [1.807, 2.05) is 0 Å². The van der Waals surface area contributed by atoms with Crippen molar-refractivity contribution in [3.63, 3.8) is 0 Å². The van der Waals surface area contributed by atoms with Gasteiger partial charge in [-0.1, -0.05) is 75.5 Å². The molecule has 0 fully saturated rings. The molecule has 6 aromatic carbocycles. The molecule has 232 valence electrons. The Kier molecular flexibility index (Phi) is 10.2. The van der Waals surface area contributed by atoms with Gasteiger partial charge in [0.05, 0.1) is 0 Å². The Bertz CT molecular complexity index is 1880. The van der Waals surface area contributed by atoms with Crippen molar-refractivity contribution >= 4 is 62.7 Å². The molecular weight excluding hydrogens is 699 g/mol. The summed E-state index contributed by atoms with van der Waals surface area (Å²) in [5, 5.41) is 8.92. The fraction of sp³-hybridized carbons (Fsp3) is 0.250. The fourth-order valence-corrected chi connectivity index (χ4v) is 12.8. The molecule has 0 bridgehead atoms. The van der Waals surface area contributed by atoms with Crippen LogP contribution in [0.3, 0.4) is 0 Å². The Morgan fingerprint density at radius 1 is 0.543 bits per heavy atom. The zero-order valence-electron chi connectivity index (χ0n) is 27.1. The van der Waals surface area contributed by atoms with Gasteiger partial charge < -0.3 is 34.6 Å². The van der Waals surface area contributed by atoms with E-state index < -0.39 is 8.07 Å². The van der Waals surface area contributed by atoms with Crippen LogP contribution in [0.4, 0.5) is 22.7 Å². The predicted octanol–water partition coefficient (Wildman–Crippen LogP) is 3.04. The summed E-state index contributed by atoms with van der Waals surface area (Å²) in [4.78, 5) is 5.22. The second-order valence-electron chi connectivity index (χ2n) is 13.3. The zero-order valence-corrected chi connectivity index (χ0v) is 32.1. The first kappa shape index (κ1) is 34.7. The Hall–Kier alpha value is -2.62. The van der Waals surface area contributed by atoms with E-state index in [0.717, 1.165) is 25.9 Å². The van der Waals surface area contributed by atoms with Gasteiger partial charge in [-0.25, -0.2) is 0 Å². The monoisotopic (exact) mass is 736 g/mol. The van der Waals surface area contributed by atoms with E-state index in [9.17, 15) is 0 Å². The minimum atomic E-state index is -2.20. The summed E-state index contributed by atoms with van der Waals surface area (Å²) in [6, 6.07) is 36.9. The van der Waals surface area contributed by atoms with Crippen LogP contribution in [-0.2, 0) is 39.0 Å². The quantitative estimate of drug-likeness (QED) is 0.203. The van der Waals surface area contributed by atoms with Crippen molar-refractivity contribution in [2.75, 3.05) is 22.9 Å². The normalized spacial score (nSPS) is 14.3. The summed E-state index contributed by atoms with van der Waals surface area (Å²) >= 11 is 0. The van der Waals surface area contributed by atoms with Gasteiger partial charge >= 0.3 is 26.2 Å². The number of hydrogen-bond acceptors (Lipinski definition) is 2. The van der Waals surface area contributed by atoms with Crippen molar-refractivity contribution in [3.8, 4) is 0 Å². The molecule has 0 saturated carbocycles. The van der Waals surface area contributed by atoms with Crippen LogP contribution in [0.15, 0.2) is 97.1 Å². The number of nitrogens with zero attached hydrogens (tertiary/aromatic N) is 2. The van der Waals surface area contributed by atoms with E-state index in [4.69, 9.17) is 0 Å². The van der Waals surface area contributed by atoms with Gasteiger partial charge in [0.1, 0.15) is 0 Å². The van der Waals surface area contributed by atoms with Crippen LogP contribution < -0.4 is 45.0 Å². The number of benzene rings is 4. The van der Waals surface area contributed by atoms with Crippen LogP contribution in [0.1, 0.15) is 35.1 Å². The molecule has 2 heterocycles. The summed E-state index contributed by atoms with van der Waals surface area (Å²) in [5.41, 5.74) is 11.3. The number of halogens is 2. The van der Waals surface area contributed by atoms with Gasteiger partial charge in [-0.3, -0.25) is 0 Å². The predicted molar refractivity (Wildman–Crippen MR) is 189 cm³/mol. The molecule has 0 aliphatic carbocycles. The number of aryl methyl sites for hydroxylation is 4. The smallest absolute Gasteiger partial charge is 1.00 e.